The molecule has 1 N–H and O–H groups in total. The van der Waals surface area contributed by atoms with Crippen molar-refractivity contribution in [3.8, 4) is 11.5 Å². The molecule has 6 nitrogen and oxygen atoms in total. The first-order valence-corrected chi connectivity index (χ1v) is 8.72. The average molecular weight is 392 g/mol. The standard InChI is InChI=1S/C20H22ClNO5/c1-12-5-7-16(9-13(12)2)26-11-19(23)27-14(3)20(24)22-17-10-15(21)6-8-18(17)25-4/h5-10,14H,11H2,1-4H3,(H,22,24). The number of benzene rings is 2. The molecule has 0 saturated carbocycles. The van der Waals surface area contributed by atoms with Crippen LogP contribution in [-0.2, 0) is 14.3 Å². The van der Waals surface area contributed by atoms with E-state index in [1.807, 2.05) is 26.0 Å². The zero-order valence-electron chi connectivity index (χ0n) is 15.7. The summed E-state index contributed by atoms with van der Waals surface area (Å²) in [6.45, 7) is 5.13. The van der Waals surface area contributed by atoms with Gasteiger partial charge < -0.3 is 19.5 Å². The predicted octanol–water partition coefficient (Wildman–Crippen LogP) is 3.91. The van der Waals surface area contributed by atoms with E-state index in [1.165, 1.54) is 14.0 Å². The topological polar surface area (TPSA) is 73.9 Å². The van der Waals surface area contributed by atoms with Crippen LogP contribution in [-0.4, -0.2) is 31.7 Å². The predicted molar refractivity (Wildman–Crippen MR) is 104 cm³/mol. The molecule has 1 atom stereocenters. The van der Waals surface area contributed by atoms with Crippen molar-refractivity contribution in [3.05, 3.63) is 52.5 Å². The molecular weight excluding hydrogens is 370 g/mol. The van der Waals surface area contributed by atoms with Gasteiger partial charge in [-0.15, -0.1) is 0 Å². The summed E-state index contributed by atoms with van der Waals surface area (Å²) in [5.74, 6) is -0.135. The summed E-state index contributed by atoms with van der Waals surface area (Å²) in [6.07, 6.45) is -1.01. The lowest BCUT2D eigenvalue weighted by Crippen LogP contribution is -2.31. The van der Waals surface area contributed by atoms with Gasteiger partial charge in [0.25, 0.3) is 5.91 Å². The Labute approximate surface area is 163 Å². The van der Waals surface area contributed by atoms with Crippen molar-refractivity contribution in [2.24, 2.45) is 0 Å². The molecule has 0 spiro atoms. The van der Waals surface area contributed by atoms with E-state index in [4.69, 9.17) is 25.8 Å². The van der Waals surface area contributed by atoms with Crippen molar-refractivity contribution in [3.63, 3.8) is 0 Å². The summed E-state index contributed by atoms with van der Waals surface area (Å²) in [4.78, 5) is 24.2. The molecular formula is C20H22ClNO5. The number of rotatable bonds is 7. The molecule has 7 heteroatoms. The highest BCUT2D eigenvalue weighted by Gasteiger charge is 2.20. The van der Waals surface area contributed by atoms with E-state index in [2.05, 4.69) is 5.32 Å². The number of ether oxygens (including phenoxy) is 3. The molecule has 0 aliphatic carbocycles. The molecule has 144 valence electrons. The van der Waals surface area contributed by atoms with Crippen molar-refractivity contribution < 1.29 is 23.8 Å². The number of nitrogens with one attached hydrogen (secondary N) is 1. The summed E-state index contributed by atoms with van der Waals surface area (Å²) >= 11 is 5.93. The second-order valence-corrected chi connectivity index (χ2v) is 6.44. The lowest BCUT2D eigenvalue weighted by atomic mass is 10.1. The summed E-state index contributed by atoms with van der Waals surface area (Å²) in [6, 6.07) is 10.3. The number of halogens is 1. The Hall–Kier alpha value is -2.73. The number of esters is 1. The van der Waals surface area contributed by atoms with Crippen LogP contribution in [0.25, 0.3) is 0 Å². The van der Waals surface area contributed by atoms with Crippen molar-refractivity contribution in [2.45, 2.75) is 26.9 Å². The van der Waals surface area contributed by atoms with Crippen LogP contribution < -0.4 is 14.8 Å². The van der Waals surface area contributed by atoms with Crippen LogP contribution in [0.3, 0.4) is 0 Å². The van der Waals surface area contributed by atoms with Gasteiger partial charge in [-0.05, 0) is 62.2 Å². The molecule has 0 radical (unpaired) electrons. The SMILES string of the molecule is COc1ccc(Cl)cc1NC(=O)C(C)OC(=O)COc1ccc(C)c(C)c1. The number of carbonyl (C=O) groups excluding carboxylic acids is 2. The maximum atomic E-state index is 12.3. The second kappa shape index (κ2) is 9.28. The molecule has 0 bridgehead atoms. The third-order valence-electron chi connectivity index (χ3n) is 3.93. The third kappa shape index (κ3) is 5.89. The Morgan fingerprint density at radius 2 is 1.85 bits per heavy atom. The molecule has 1 unspecified atom stereocenters. The van der Waals surface area contributed by atoms with E-state index in [0.29, 0.717) is 22.2 Å². The summed E-state index contributed by atoms with van der Waals surface area (Å²) < 4.78 is 15.7. The van der Waals surface area contributed by atoms with Gasteiger partial charge in [0.2, 0.25) is 0 Å². The maximum Gasteiger partial charge on any atom is 0.344 e. The lowest BCUT2D eigenvalue weighted by Gasteiger charge is -2.15. The minimum Gasteiger partial charge on any atom is -0.495 e. The monoisotopic (exact) mass is 391 g/mol. The van der Waals surface area contributed by atoms with Crippen LogP contribution in [0.2, 0.25) is 5.02 Å². The first-order valence-electron chi connectivity index (χ1n) is 8.34. The van der Waals surface area contributed by atoms with E-state index in [9.17, 15) is 9.59 Å². The molecule has 1 amide bonds. The molecule has 0 aliphatic heterocycles. The van der Waals surface area contributed by atoms with Gasteiger partial charge in [0.15, 0.2) is 12.7 Å². The van der Waals surface area contributed by atoms with Crippen LogP contribution in [0.1, 0.15) is 18.1 Å². The van der Waals surface area contributed by atoms with Gasteiger partial charge in [0, 0.05) is 5.02 Å². The highest BCUT2D eigenvalue weighted by Crippen LogP contribution is 2.27. The maximum absolute atomic E-state index is 12.3. The van der Waals surface area contributed by atoms with Crippen LogP contribution in [0.4, 0.5) is 5.69 Å². The van der Waals surface area contributed by atoms with Crippen LogP contribution in [0.5, 0.6) is 11.5 Å². The van der Waals surface area contributed by atoms with Gasteiger partial charge in [-0.2, -0.15) is 0 Å². The van der Waals surface area contributed by atoms with Crippen molar-refractivity contribution >= 4 is 29.2 Å². The van der Waals surface area contributed by atoms with Gasteiger partial charge in [-0.1, -0.05) is 17.7 Å². The second-order valence-electron chi connectivity index (χ2n) is 6.00. The molecule has 2 aromatic carbocycles. The number of aryl methyl sites for hydroxylation is 2. The molecule has 0 heterocycles. The van der Waals surface area contributed by atoms with Crippen LogP contribution in [0, 0.1) is 13.8 Å². The fourth-order valence-corrected chi connectivity index (χ4v) is 2.42. The number of hydrogen-bond acceptors (Lipinski definition) is 5. The van der Waals surface area contributed by atoms with Gasteiger partial charge in [0.1, 0.15) is 11.5 Å². The number of methoxy groups -OCH3 is 1. The Morgan fingerprint density at radius 3 is 2.52 bits per heavy atom. The van der Waals surface area contributed by atoms with E-state index in [0.717, 1.165) is 11.1 Å². The Bertz CT molecular complexity index is 837. The van der Waals surface area contributed by atoms with Crippen LogP contribution >= 0.6 is 11.6 Å². The largest absolute Gasteiger partial charge is 0.495 e. The number of anilines is 1. The smallest absolute Gasteiger partial charge is 0.344 e. The van der Waals surface area contributed by atoms with Crippen molar-refractivity contribution in [1.29, 1.82) is 0 Å². The number of hydrogen-bond donors (Lipinski definition) is 1. The minimum atomic E-state index is -1.01. The van der Waals surface area contributed by atoms with Gasteiger partial charge in [-0.25, -0.2) is 4.79 Å². The summed E-state index contributed by atoms with van der Waals surface area (Å²) in [7, 11) is 1.48. The molecule has 0 aliphatic rings. The fraction of sp³-hybridized carbons (Fsp3) is 0.300. The Kier molecular flexibility index (Phi) is 7.07. The third-order valence-corrected chi connectivity index (χ3v) is 4.17. The first kappa shape index (κ1) is 20.6. The normalized spacial score (nSPS) is 11.4. The zero-order chi connectivity index (χ0) is 20.0. The van der Waals surface area contributed by atoms with E-state index in [1.54, 1.807) is 24.3 Å². The number of amides is 1. The Balaban J connectivity index is 1.89. The summed E-state index contributed by atoms with van der Waals surface area (Å²) in [5.41, 5.74) is 2.58. The van der Waals surface area contributed by atoms with Gasteiger partial charge in [0.05, 0.1) is 12.8 Å². The molecule has 27 heavy (non-hydrogen) atoms. The highest BCUT2D eigenvalue weighted by atomic mass is 35.5. The first-order chi connectivity index (χ1) is 12.8. The molecule has 0 fully saturated rings. The molecule has 2 aromatic rings. The van der Waals surface area contributed by atoms with E-state index in [-0.39, 0.29) is 6.61 Å². The number of carbonyl (C=O) groups is 2. The zero-order valence-corrected chi connectivity index (χ0v) is 16.4. The van der Waals surface area contributed by atoms with Crippen molar-refractivity contribution in [2.75, 3.05) is 19.0 Å². The quantitative estimate of drug-likeness (QED) is 0.724. The van der Waals surface area contributed by atoms with Crippen molar-refractivity contribution in [1.82, 2.24) is 0 Å². The summed E-state index contributed by atoms with van der Waals surface area (Å²) in [5, 5.41) is 3.07. The van der Waals surface area contributed by atoms with Crippen LogP contribution in [0.15, 0.2) is 36.4 Å². The highest BCUT2D eigenvalue weighted by molar-refractivity contribution is 6.31. The van der Waals surface area contributed by atoms with E-state index >= 15 is 0 Å². The lowest BCUT2D eigenvalue weighted by molar-refractivity contribution is -0.155. The molecule has 0 saturated heterocycles. The minimum absolute atomic E-state index is 0.291. The molecule has 0 aromatic heterocycles. The van der Waals surface area contributed by atoms with Gasteiger partial charge in [-0.3, -0.25) is 4.79 Å². The molecule has 2 rings (SSSR count). The van der Waals surface area contributed by atoms with Gasteiger partial charge >= 0.3 is 5.97 Å². The van der Waals surface area contributed by atoms with E-state index < -0.39 is 18.0 Å². The fourth-order valence-electron chi connectivity index (χ4n) is 2.24. The Morgan fingerprint density at radius 1 is 1.11 bits per heavy atom. The average Bonchev–Trinajstić information content (AvgIpc) is 2.63.